The lowest BCUT2D eigenvalue weighted by molar-refractivity contribution is 0.240. The molecular formula is C25H23N3O3. The summed E-state index contributed by atoms with van der Waals surface area (Å²) in [6.07, 6.45) is 1.69. The Hall–Kier alpha value is -3.93. The van der Waals surface area contributed by atoms with Gasteiger partial charge in [0, 0.05) is 11.8 Å². The van der Waals surface area contributed by atoms with Gasteiger partial charge in [0.2, 0.25) is 0 Å². The highest BCUT2D eigenvalue weighted by Crippen LogP contribution is 2.27. The fraction of sp³-hybridized carbons (Fsp3) is 0.160. The summed E-state index contributed by atoms with van der Waals surface area (Å²) in [6, 6.07) is 25.4. The molecule has 0 aliphatic rings. The van der Waals surface area contributed by atoms with E-state index in [2.05, 4.69) is 15.2 Å². The zero-order chi connectivity index (χ0) is 21.3. The van der Waals surface area contributed by atoms with Crippen molar-refractivity contribution in [1.82, 2.24) is 15.2 Å². The van der Waals surface area contributed by atoms with E-state index in [1.807, 2.05) is 79.7 Å². The predicted molar refractivity (Wildman–Crippen MR) is 117 cm³/mol. The highest BCUT2D eigenvalue weighted by Gasteiger charge is 2.12. The van der Waals surface area contributed by atoms with Crippen molar-refractivity contribution in [1.29, 1.82) is 0 Å². The smallest absolute Gasteiger partial charge is 0.276 e. The third kappa shape index (κ3) is 6.02. The van der Waals surface area contributed by atoms with E-state index in [0.29, 0.717) is 36.3 Å². The van der Waals surface area contributed by atoms with Gasteiger partial charge in [-0.2, -0.15) is 0 Å². The zero-order valence-electron chi connectivity index (χ0n) is 17.3. The molecule has 2 aromatic heterocycles. The summed E-state index contributed by atoms with van der Waals surface area (Å²) in [7, 11) is 0. The van der Waals surface area contributed by atoms with Crippen molar-refractivity contribution >= 4 is 0 Å². The lowest BCUT2D eigenvalue weighted by atomic mass is 10.2. The zero-order valence-corrected chi connectivity index (χ0v) is 17.3. The second kappa shape index (κ2) is 10.2. The number of benzene rings is 2. The molecule has 0 amide bonds. The molecule has 0 saturated carbocycles. The van der Waals surface area contributed by atoms with Crippen LogP contribution in [-0.2, 0) is 19.8 Å². The number of hydrogen-bond donors (Lipinski definition) is 0. The lowest BCUT2D eigenvalue weighted by Gasteiger charge is -2.13. The van der Waals surface area contributed by atoms with E-state index in [4.69, 9.17) is 14.2 Å². The van der Waals surface area contributed by atoms with Gasteiger partial charge < -0.3 is 14.2 Å². The van der Waals surface area contributed by atoms with Gasteiger partial charge in [0.1, 0.15) is 31.3 Å². The summed E-state index contributed by atoms with van der Waals surface area (Å²) in [5.74, 6) is 1.54. The number of rotatable bonds is 9. The van der Waals surface area contributed by atoms with Crippen molar-refractivity contribution < 1.29 is 14.2 Å². The summed E-state index contributed by atoms with van der Waals surface area (Å²) >= 11 is 0. The van der Waals surface area contributed by atoms with Gasteiger partial charge in [0.25, 0.3) is 5.88 Å². The molecule has 0 spiro atoms. The fourth-order valence-electron chi connectivity index (χ4n) is 2.83. The maximum Gasteiger partial charge on any atom is 0.276 e. The Morgan fingerprint density at radius 1 is 0.677 bits per heavy atom. The molecule has 31 heavy (non-hydrogen) atoms. The van der Waals surface area contributed by atoms with Gasteiger partial charge in [-0.3, -0.25) is 4.98 Å². The first-order chi connectivity index (χ1) is 15.3. The standard InChI is InChI=1S/C25H23N3O3/c1-19-12-13-23(15-26-19)29-18-22-14-24(30-16-20-8-4-2-5-9-20)25(28-27-22)31-17-21-10-6-3-7-11-21/h2-15H,16-18H2,1H3. The van der Waals surface area contributed by atoms with Crippen molar-refractivity contribution in [2.24, 2.45) is 0 Å². The molecule has 2 heterocycles. The molecule has 6 heteroatoms. The van der Waals surface area contributed by atoms with Gasteiger partial charge in [-0.25, -0.2) is 0 Å². The Balaban J connectivity index is 1.48. The monoisotopic (exact) mass is 413 g/mol. The number of nitrogens with zero attached hydrogens (tertiary/aromatic N) is 3. The largest absolute Gasteiger partial charge is 0.486 e. The van der Waals surface area contributed by atoms with Gasteiger partial charge in [-0.1, -0.05) is 60.7 Å². The number of aryl methyl sites for hydroxylation is 1. The molecule has 0 saturated heterocycles. The molecule has 0 unspecified atom stereocenters. The van der Waals surface area contributed by atoms with Crippen LogP contribution >= 0.6 is 0 Å². The SMILES string of the molecule is Cc1ccc(OCc2cc(OCc3ccccc3)c(OCc3ccccc3)nn2)cn1. The quantitative estimate of drug-likeness (QED) is 0.388. The van der Waals surface area contributed by atoms with Crippen LogP contribution in [-0.4, -0.2) is 15.2 Å². The van der Waals surface area contributed by atoms with Crippen LogP contribution in [0.25, 0.3) is 0 Å². The minimum atomic E-state index is 0.248. The van der Waals surface area contributed by atoms with Gasteiger partial charge in [0.05, 0.1) is 6.20 Å². The van der Waals surface area contributed by atoms with Crippen LogP contribution in [0.5, 0.6) is 17.4 Å². The van der Waals surface area contributed by atoms with Gasteiger partial charge >= 0.3 is 0 Å². The maximum absolute atomic E-state index is 6.02. The first kappa shape index (κ1) is 20.3. The van der Waals surface area contributed by atoms with E-state index in [9.17, 15) is 0 Å². The average molecular weight is 413 g/mol. The van der Waals surface area contributed by atoms with Crippen molar-refractivity contribution in [2.45, 2.75) is 26.7 Å². The fourth-order valence-corrected chi connectivity index (χ4v) is 2.83. The van der Waals surface area contributed by atoms with Crippen molar-refractivity contribution in [3.63, 3.8) is 0 Å². The molecule has 0 aliphatic carbocycles. The van der Waals surface area contributed by atoms with Crippen LogP contribution < -0.4 is 14.2 Å². The first-order valence-corrected chi connectivity index (χ1v) is 10.0. The Morgan fingerprint density at radius 2 is 1.35 bits per heavy atom. The summed E-state index contributed by atoms with van der Waals surface area (Å²) in [4.78, 5) is 4.23. The van der Waals surface area contributed by atoms with Crippen LogP contribution in [0, 0.1) is 6.92 Å². The molecular weight excluding hydrogens is 390 g/mol. The molecule has 4 rings (SSSR count). The summed E-state index contributed by atoms with van der Waals surface area (Å²) < 4.78 is 17.7. The Labute approximate surface area is 181 Å². The van der Waals surface area contributed by atoms with Crippen molar-refractivity contribution in [3.05, 3.63) is 108 Å². The lowest BCUT2D eigenvalue weighted by Crippen LogP contribution is -2.06. The molecule has 0 bridgehead atoms. The summed E-state index contributed by atoms with van der Waals surface area (Å²) in [5, 5.41) is 8.48. The van der Waals surface area contributed by atoms with E-state index < -0.39 is 0 Å². The molecule has 0 atom stereocenters. The van der Waals surface area contributed by atoms with Gasteiger partial charge in [0.15, 0.2) is 5.75 Å². The minimum absolute atomic E-state index is 0.248. The normalized spacial score (nSPS) is 10.5. The Kier molecular flexibility index (Phi) is 6.70. The second-order valence-electron chi connectivity index (χ2n) is 6.98. The Morgan fingerprint density at radius 3 is 2.00 bits per heavy atom. The van der Waals surface area contributed by atoms with Crippen LogP contribution in [0.3, 0.4) is 0 Å². The number of hydrogen-bond acceptors (Lipinski definition) is 6. The molecule has 0 radical (unpaired) electrons. The number of aromatic nitrogens is 3. The van der Waals surface area contributed by atoms with Crippen LogP contribution in [0.4, 0.5) is 0 Å². The molecule has 156 valence electrons. The third-order valence-corrected chi connectivity index (χ3v) is 4.50. The topological polar surface area (TPSA) is 66.4 Å². The van der Waals surface area contributed by atoms with E-state index in [-0.39, 0.29) is 6.61 Å². The van der Waals surface area contributed by atoms with E-state index in [1.54, 1.807) is 12.3 Å². The maximum atomic E-state index is 6.02. The van der Waals surface area contributed by atoms with Crippen LogP contribution in [0.15, 0.2) is 85.1 Å². The first-order valence-electron chi connectivity index (χ1n) is 10.0. The Bertz CT molecular complexity index is 1090. The molecule has 4 aromatic rings. The van der Waals surface area contributed by atoms with Gasteiger partial charge in [-0.15, -0.1) is 10.2 Å². The highest BCUT2D eigenvalue weighted by atomic mass is 16.5. The highest BCUT2D eigenvalue weighted by molar-refractivity contribution is 5.34. The minimum Gasteiger partial charge on any atom is -0.486 e. The van der Waals surface area contributed by atoms with Gasteiger partial charge in [-0.05, 0) is 30.2 Å². The molecule has 0 fully saturated rings. The third-order valence-electron chi connectivity index (χ3n) is 4.50. The van der Waals surface area contributed by atoms with Crippen LogP contribution in [0.2, 0.25) is 0 Å². The van der Waals surface area contributed by atoms with Crippen molar-refractivity contribution in [3.8, 4) is 17.4 Å². The summed E-state index contributed by atoms with van der Waals surface area (Å²) in [5.41, 5.74) is 3.66. The van der Waals surface area contributed by atoms with Crippen molar-refractivity contribution in [2.75, 3.05) is 0 Å². The molecule has 0 aliphatic heterocycles. The molecule has 6 nitrogen and oxygen atoms in total. The second-order valence-corrected chi connectivity index (χ2v) is 6.98. The van der Waals surface area contributed by atoms with Crippen LogP contribution in [0.1, 0.15) is 22.5 Å². The summed E-state index contributed by atoms with van der Waals surface area (Å²) in [6.45, 7) is 2.96. The number of ether oxygens (including phenoxy) is 3. The van der Waals surface area contributed by atoms with E-state index in [0.717, 1.165) is 16.8 Å². The van der Waals surface area contributed by atoms with E-state index >= 15 is 0 Å². The molecule has 0 N–H and O–H groups in total. The predicted octanol–water partition coefficient (Wildman–Crippen LogP) is 4.92. The number of pyridine rings is 1. The average Bonchev–Trinajstić information content (AvgIpc) is 2.83. The van der Waals surface area contributed by atoms with E-state index in [1.165, 1.54) is 0 Å². The molecule has 2 aromatic carbocycles.